The van der Waals surface area contributed by atoms with E-state index in [1.807, 2.05) is 19.1 Å². The third-order valence-corrected chi connectivity index (χ3v) is 5.02. The fourth-order valence-electron chi connectivity index (χ4n) is 3.52. The number of amides is 3. The third-order valence-electron chi connectivity index (χ3n) is 5.02. The van der Waals surface area contributed by atoms with Crippen LogP contribution < -0.4 is 5.32 Å². The second-order valence-corrected chi connectivity index (χ2v) is 6.65. The Morgan fingerprint density at radius 1 is 1.28 bits per heavy atom. The zero-order valence-electron chi connectivity index (χ0n) is 14.6. The molecule has 3 amide bonds. The molecule has 132 valence electrons. The minimum absolute atomic E-state index is 0.0519. The summed E-state index contributed by atoms with van der Waals surface area (Å²) in [6.07, 6.45) is 9.36. The lowest BCUT2D eigenvalue weighted by molar-refractivity contribution is -0.132. The summed E-state index contributed by atoms with van der Waals surface area (Å²) in [5.74, 6) is -0.297. The van der Waals surface area contributed by atoms with Gasteiger partial charge in [0.25, 0.3) is 0 Å². The van der Waals surface area contributed by atoms with Gasteiger partial charge in [-0.25, -0.2) is 4.99 Å². The van der Waals surface area contributed by atoms with E-state index in [9.17, 15) is 14.4 Å². The zero-order chi connectivity index (χ0) is 18.0. The number of rotatable bonds is 2. The SMILES string of the molecule is CCC1=CC(=O)NC2=CC(=NC(=O)C3CCN(C(C)=O)CC3)C=CC12. The number of carbonyl (C=O) groups excluding carboxylic acids is 3. The van der Waals surface area contributed by atoms with Crippen molar-refractivity contribution < 1.29 is 14.4 Å². The van der Waals surface area contributed by atoms with Crippen LogP contribution in [0.4, 0.5) is 0 Å². The summed E-state index contributed by atoms with van der Waals surface area (Å²) in [7, 11) is 0. The minimum atomic E-state index is -0.147. The molecule has 1 N–H and O–H groups in total. The van der Waals surface area contributed by atoms with Crippen LogP contribution in [0.5, 0.6) is 0 Å². The minimum Gasteiger partial charge on any atom is -0.343 e. The van der Waals surface area contributed by atoms with Gasteiger partial charge in [0, 0.05) is 43.6 Å². The second kappa shape index (κ2) is 7.17. The lowest BCUT2D eigenvalue weighted by Gasteiger charge is -2.30. The molecule has 0 aromatic carbocycles. The number of carbonyl (C=O) groups is 3. The second-order valence-electron chi connectivity index (χ2n) is 6.65. The third kappa shape index (κ3) is 3.78. The van der Waals surface area contributed by atoms with Crippen molar-refractivity contribution in [2.45, 2.75) is 33.1 Å². The molecule has 1 aliphatic carbocycles. The van der Waals surface area contributed by atoms with Gasteiger partial charge in [0.2, 0.25) is 17.7 Å². The first kappa shape index (κ1) is 17.3. The van der Waals surface area contributed by atoms with Crippen LogP contribution in [0.3, 0.4) is 0 Å². The van der Waals surface area contributed by atoms with Gasteiger partial charge in [0.15, 0.2) is 0 Å². The number of fused-ring (bicyclic) bond motifs is 1. The van der Waals surface area contributed by atoms with Crippen LogP contribution >= 0.6 is 0 Å². The number of hydrogen-bond donors (Lipinski definition) is 1. The predicted molar refractivity (Wildman–Crippen MR) is 94.6 cm³/mol. The number of piperidine rings is 1. The molecule has 0 saturated carbocycles. The Balaban J connectivity index is 1.69. The first-order valence-electron chi connectivity index (χ1n) is 8.77. The number of likely N-dealkylation sites (tertiary alicyclic amines) is 1. The van der Waals surface area contributed by atoms with Gasteiger partial charge in [-0.3, -0.25) is 14.4 Å². The number of nitrogens with zero attached hydrogens (tertiary/aromatic N) is 2. The average Bonchev–Trinajstić information content (AvgIpc) is 2.60. The number of nitrogens with one attached hydrogen (secondary N) is 1. The summed E-state index contributed by atoms with van der Waals surface area (Å²) in [5.41, 5.74) is 2.42. The van der Waals surface area contributed by atoms with Crippen molar-refractivity contribution in [3.63, 3.8) is 0 Å². The Morgan fingerprint density at radius 3 is 2.64 bits per heavy atom. The molecule has 0 spiro atoms. The highest BCUT2D eigenvalue weighted by molar-refractivity contribution is 6.11. The van der Waals surface area contributed by atoms with Crippen molar-refractivity contribution in [1.29, 1.82) is 0 Å². The molecule has 3 aliphatic rings. The maximum atomic E-state index is 12.4. The quantitative estimate of drug-likeness (QED) is 0.831. The number of allylic oxidation sites excluding steroid dienone is 3. The molecule has 1 saturated heterocycles. The number of hydrogen-bond acceptors (Lipinski definition) is 3. The smallest absolute Gasteiger partial charge is 0.249 e. The van der Waals surface area contributed by atoms with Crippen LogP contribution in [0, 0.1) is 11.8 Å². The van der Waals surface area contributed by atoms with E-state index in [-0.39, 0.29) is 29.6 Å². The summed E-state index contributed by atoms with van der Waals surface area (Å²) in [5, 5.41) is 2.84. The Bertz CT molecular complexity index is 722. The lowest BCUT2D eigenvalue weighted by atomic mass is 9.86. The van der Waals surface area contributed by atoms with Crippen molar-refractivity contribution in [2.75, 3.05) is 13.1 Å². The molecule has 0 aromatic rings. The van der Waals surface area contributed by atoms with Gasteiger partial charge >= 0.3 is 0 Å². The molecule has 0 radical (unpaired) electrons. The molecule has 2 heterocycles. The highest BCUT2D eigenvalue weighted by Crippen LogP contribution is 2.29. The lowest BCUT2D eigenvalue weighted by Crippen LogP contribution is -2.38. The summed E-state index contributed by atoms with van der Waals surface area (Å²) in [6.45, 7) is 4.79. The first-order valence-corrected chi connectivity index (χ1v) is 8.77. The van der Waals surface area contributed by atoms with Crippen molar-refractivity contribution in [2.24, 2.45) is 16.8 Å². The maximum Gasteiger partial charge on any atom is 0.249 e. The van der Waals surface area contributed by atoms with Crippen LogP contribution in [0.25, 0.3) is 0 Å². The zero-order valence-corrected chi connectivity index (χ0v) is 14.6. The molecule has 0 aromatic heterocycles. The maximum absolute atomic E-state index is 12.4. The number of aliphatic imine (C=N–C) groups is 1. The molecule has 2 aliphatic heterocycles. The van der Waals surface area contributed by atoms with Crippen LogP contribution in [-0.4, -0.2) is 41.4 Å². The van der Waals surface area contributed by atoms with Crippen LogP contribution in [0.1, 0.15) is 33.1 Å². The fourth-order valence-corrected chi connectivity index (χ4v) is 3.52. The Morgan fingerprint density at radius 2 is 2.00 bits per heavy atom. The van der Waals surface area contributed by atoms with Crippen molar-refractivity contribution >= 4 is 23.4 Å². The highest BCUT2D eigenvalue weighted by Gasteiger charge is 2.28. The van der Waals surface area contributed by atoms with Gasteiger partial charge in [-0.15, -0.1) is 0 Å². The first-order chi connectivity index (χ1) is 12.0. The predicted octanol–water partition coefficient (Wildman–Crippen LogP) is 1.75. The molecule has 6 nitrogen and oxygen atoms in total. The molecule has 0 bridgehead atoms. The molecule has 1 fully saturated rings. The van der Waals surface area contributed by atoms with E-state index in [4.69, 9.17) is 0 Å². The van der Waals surface area contributed by atoms with Crippen LogP contribution in [0.15, 0.2) is 40.6 Å². The van der Waals surface area contributed by atoms with E-state index in [0.717, 1.165) is 17.7 Å². The van der Waals surface area contributed by atoms with E-state index in [0.29, 0.717) is 31.6 Å². The van der Waals surface area contributed by atoms with Gasteiger partial charge in [0.1, 0.15) is 0 Å². The summed E-state index contributed by atoms with van der Waals surface area (Å²) in [6, 6.07) is 0. The topological polar surface area (TPSA) is 78.8 Å². The van der Waals surface area contributed by atoms with E-state index in [2.05, 4.69) is 10.3 Å². The van der Waals surface area contributed by atoms with E-state index < -0.39 is 0 Å². The highest BCUT2D eigenvalue weighted by atomic mass is 16.2. The molecular formula is C19H23N3O3. The van der Waals surface area contributed by atoms with E-state index >= 15 is 0 Å². The summed E-state index contributed by atoms with van der Waals surface area (Å²) in [4.78, 5) is 41.6. The molecule has 3 rings (SSSR count). The molecular weight excluding hydrogens is 318 g/mol. The Labute approximate surface area is 147 Å². The van der Waals surface area contributed by atoms with Gasteiger partial charge in [-0.1, -0.05) is 18.6 Å². The van der Waals surface area contributed by atoms with Gasteiger partial charge in [-0.2, -0.15) is 0 Å². The van der Waals surface area contributed by atoms with Crippen molar-refractivity contribution in [3.05, 3.63) is 35.6 Å². The largest absolute Gasteiger partial charge is 0.343 e. The summed E-state index contributed by atoms with van der Waals surface area (Å²) >= 11 is 0. The van der Waals surface area contributed by atoms with Crippen LogP contribution in [0.2, 0.25) is 0 Å². The molecule has 1 atom stereocenters. The monoisotopic (exact) mass is 341 g/mol. The van der Waals surface area contributed by atoms with Gasteiger partial charge in [0.05, 0.1) is 5.71 Å². The Kier molecular flexibility index (Phi) is 4.97. The molecule has 1 unspecified atom stereocenters. The van der Waals surface area contributed by atoms with Crippen LogP contribution in [-0.2, 0) is 14.4 Å². The van der Waals surface area contributed by atoms with Crippen molar-refractivity contribution in [3.8, 4) is 0 Å². The van der Waals surface area contributed by atoms with Crippen molar-refractivity contribution in [1.82, 2.24) is 10.2 Å². The normalized spacial score (nSPS) is 25.2. The Hall–Kier alpha value is -2.50. The standard InChI is InChI=1S/C19H23N3O3/c1-3-13-10-18(24)21-17-11-15(4-5-16(13)17)20-19(25)14-6-8-22(9-7-14)12(2)23/h4-5,10-11,14,16H,3,6-9H2,1-2H3,(H,21,24). The summed E-state index contributed by atoms with van der Waals surface area (Å²) < 4.78 is 0. The van der Waals surface area contributed by atoms with Gasteiger partial charge in [-0.05, 0) is 31.4 Å². The van der Waals surface area contributed by atoms with Gasteiger partial charge < -0.3 is 10.2 Å². The van der Waals surface area contributed by atoms with E-state index in [1.165, 1.54) is 0 Å². The fraction of sp³-hybridized carbons (Fsp3) is 0.474. The molecule has 6 heteroatoms. The van der Waals surface area contributed by atoms with E-state index in [1.54, 1.807) is 24.0 Å². The average molecular weight is 341 g/mol. The molecule has 25 heavy (non-hydrogen) atoms.